The fourth-order valence-electron chi connectivity index (χ4n) is 1.95. The van der Waals surface area contributed by atoms with Gasteiger partial charge in [0.2, 0.25) is 0 Å². The molecule has 9 heteroatoms. The summed E-state index contributed by atoms with van der Waals surface area (Å²) in [6.07, 6.45) is 1.62. The second-order valence-electron chi connectivity index (χ2n) is 4.36. The van der Waals surface area contributed by atoms with Crippen molar-refractivity contribution in [3.05, 3.63) is 45.8 Å². The van der Waals surface area contributed by atoms with Gasteiger partial charge < -0.3 is 10.7 Å². The van der Waals surface area contributed by atoms with Crippen molar-refractivity contribution in [2.45, 2.75) is 6.92 Å². The number of benzene rings is 1. The van der Waals surface area contributed by atoms with Gasteiger partial charge in [0.25, 0.3) is 5.91 Å². The first-order chi connectivity index (χ1) is 9.93. The highest BCUT2D eigenvalue weighted by atomic mass is 16.6. The van der Waals surface area contributed by atoms with Crippen LogP contribution in [0.25, 0.3) is 0 Å². The van der Waals surface area contributed by atoms with Gasteiger partial charge in [0.15, 0.2) is 0 Å². The van der Waals surface area contributed by atoms with Crippen molar-refractivity contribution >= 4 is 23.0 Å². The third kappa shape index (κ3) is 2.82. The van der Waals surface area contributed by atoms with Gasteiger partial charge in [-0.15, -0.1) is 0 Å². The van der Waals surface area contributed by atoms with Crippen LogP contribution in [0.1, 0.15) is 16.1 Å². The Morgan fingerprint density at radius 3 is 2.67 bits per heavy atom. The zero-order valence-corrected chi connectivity index (χ0v) is 11.5. The van der Waals surface area contributed by atoms with Crippen molar-refractivity contribution in [2.24, 2.45) is 12.9 Å². The van der Waals surface area contributed by atoms with Crippen LogP contribution in [0.4, 0.5) is 17.1 Å². The minimum absolute atomic E-state index is 0.0653. The molecule has 1 aromatic carbocycles. The van der Waals surface area contributed by atoms with Crippen molar-refractivity contribution in [3.63, 3.8) is 0 Å². The molecule has 0 aliphatic heterocycles. The van der Waals surface area contributed by atoms with Gasteiger partial charge in [0.05, 0.1) is 16.3 Å². The smallest absolute Gasteiger partial charge is 0.306 e. The van der Waals surface area contributed by atoms with E-state index in [1.165, 1.54) is 22.9 Å². The number of hydrazine groups is 1. The van der Waals surface area contributed by atoms with Gasteiger partial charge in [-0.25, -0.2) is 0 Å². The predicted octanol–water partition coefficient (Wildman–Crippen LogP) is 1.17. The molecule has 21 heavy (non-hydrogen) atoms. The Morgan fingerprint density at radius 2 is 2.14 bits per heavy atom. The van der Waals surface area contributed by atoms with E-state index < -0.39 is 10.8 Å². The van der Waals surface area contributed by atoms with Crippen LogP contribution in [0.2, 0.25) is 0 Å². The number of hydrogen-bond donors (Lipinski definition) is 3. The largest absolute Gasteiger partial charge is 0.319 e. The number of rotatable bonds is 4. The van der Waals surface area contributed by atoms with Crippen LogP contribution in [0.15, 0.2) is 24.4 Å². The summed E-state index contributed by atoms with van der Waals surface area (Å²) in [7, 11) is 1.71. The Bertz CT molecular complexity index is 709. The van der Waals surface area contributed by atoms with E-state index >= 15 is 0 Å². The second kappa shape index (κ2) is 5.59. The van der Waals surface area contributed by atoms with E-state index in [1.54, 1.807) is 20.2 Å². The normalized spacial score (nSPS) is 10.2. The molecule has 0 bridgehead atoms. The number of nitrogens with zero attached hydrogens (tertiary/aromatic N) is 3. The molecule has 2 aromatic rings. The molecule has 0 spiro atoms. The Hall–Kier alpha value is -2.94. The van der Waals surface area contributed by atoms with Crippen molar-refractivity contribution in [3.8, 4) is 0 Å². The Labute approximate surface area is 119 Å². The molecular weight excluding hydrogens is 276 g/mol. The van der Waals surface area contributed by atoms with E-state index in [0.29, 0.717) is 11.4 Å². The molecule has 2 rings (SSSR count). The van der Waals surface area contributed by atoms with Crippen LogP contribution < -0.4 is 16.6 Å². The number of nitrogen functional groups attached to an aromatic ring is 1. The summed E-state index contributed by atoms with van der Waals surface area (Å²) < 4.78 is 1.54. The standard InChI is InChI=1S/C12H14N6O3/c1-7-10(6-17(2)16-7)14-12(19)8-4-3-5-9(15-13)11(8)18(20)21/h3-6,15H,13H2,1-2H3,(H,14,19). The molecule has 1 aromatic heterocycles. The highest BCUT2D eigenvalue weighted by molar-refractivity contribution is 6.08. The SMILES string of the molecule is Cc1nn(C)cc1NC(=O)c1cccc(NN)c1[N+](=O)[O-]. The molecule has 1 amide bonds. The molecule has 0 radical (unpaired) electrons. The van der Waals surface area contributed by atoms with Crippen molar-refractivity contribution in [1.29, 1.82) is 0 Å². The summed E-state index contributed by atoms with van der Waals surface area (Å²) in [4.78, 5) is 22.7. The molecule has 9 nitrogen and oxygen atoms in total. The summed E-state index contributed by atoms with van der Waals surface area (Å²) in [5.74, 6) is 4.64. The summed E-state index contributed by atoms with van der Waals surface area (Å²) in [6, 6.07) is 4.29. The van der Waals surface area contributed by atoms with Gasteiger partial charge in [-0.05, 0) is 19.1 Å². The lowest BCUT2D eigenvalue weighted by atomic mass is 10.1. The van der Waals surface area contributed by atoms with Gasteiger partial charge >= 0.3 is 5.69 Å². The van der Waals surface area contributed by atoms with Crippen LogP contribution in [0.5, 0.6) is 0 Å². The van der Waals surface area contributed by atoms with Crippen LogP contribution in [-0.2, 0) is 7.05 Å². The minimum Gasteiger partial charge on any atom is -0.319 e. The van der Waals surface area contributed by atoms with Crippen LogP contribution in [0.3, 0.4) is 0 Å². The maximum atomic E-state index is 12.2. The quantitative estimate of drug-likeness (QED) is 0.440. The molecule has 0 aliphatic carbocycles. The average molecular weight is 290 g/mol. The molecule has 0 saturated carbocycles. The first-order valence-electron chi connectivity index (χ1n) is 5.99. The first kappa shape index (κ1) is 14.5. The van der Waals surface area contributed by atoms with E-state index in [9.17, 15) is 14.9 Å². The number of nitrogens with two attached hydrogens (primary N) is 1. The lowest BCUT2D eigenvalue weighted by molar-refractivity contribution is -0.384. The monoisotopic (exact) mass is 290 g/mol. The molecule has 4 N–H and O–H groups in total. The number of nitrogens with one attached hydrogen (secondary N) is 2. The number of para-hydroxylation sites is 1. The Kier molecular flexibility index (Phi) is 3.85. The minimum atomic E-state index is -0.653. The van der Waals surface area contributed by atoms with Gasteiger partial charge in [0, 0.05) is 13.2 Å². The number of nitro benzene ring substituents is 1. The van der Waals surface area contributed by atoms with Crippen LogP contribution >= 0.6 is 0 Å². The third-order valence-corrected chi connectivity index (χ3v) is 2.88. The number of hydrogen-bond acceptors (Lipinski definition) is 6. The first-order valence-corrected chi connectivity index (χ1v) is 5.99. The summed E-state index contributed by atoms with van der Waals surface area (Å²) in [5, 5.41) is 17.8. The number of amides is 1. The van der Waals surface area contributed by atoms with E-state index in [1.807, 2.05) is 0 Å². The number of carbonyl (C=O) groups excluding carboxylic acids is 1. The fraction of sp³-hybridized carbons (Fsp3) is 0.167. The molecule has 0 unspecified atom stereocenters. The van der Waals surface area contributed by atoms with Gasteiger partial charge in [-0.2, -0.15) is 5.10 Å². The van der Waals surface area contributed by atoms with Crippen molar-refractivity contribution in [1.82, 2.24) is 9.78 Å². The summed E-state index contributed by atoms with van der Waals surface area (Å²) >= 11 is 0. The second-order valence-corrected chi connectivity index (χ2v) is 4.36. The highest BCUT2D eigenvalue weighted by Crippen LogP contribution is 2.28. The van der Waals surface area contributed by atoms with Crippen LogP contribution in [-0.4, -0.2) is 20.6 Å². The molecule has 0 aliphatic rings. The van der Waals surface area contributed by atoms with Gasteiger partial charge in [0.1, 0.15) is 11.3 Å². The zero-order valence-electron chi connectivity index (χ0n) is 11.5. The van der Waals surface area contributed by atoms with Crippen LogP contribution in [0, 0.1) is 17.0 Å². The number of nitro groups is 1. The topological polar surface area (TPSA) is 128 Å². The number of anilines is 2. The summed E-state index contributed by atoms with van der Waals surface area (Å²) in [6.45, 7) is 1.72. The van der Waals surface area contributed by atoms with E-state index in [0.717, 1.165) is 0 Å². The average Bonchev–Trinajstić information content (AvgIpc) is 2.75. The van der Waals surface area contributed by atoms with Gasteiger partial charge in [-0.3, -0.25) is 25.4 Å². The van der Waals surface area contributed by atoms with E-state index in [4.69, 9.17) is 5.84 Å². The van der Waals surface area contributed by atoms with Crippen molar-refractivity contribution in [2.75, 3.05) is 10.7 Å². The third-order valence-electron chi connectivity index (χ3n) is 2.88. The molecular formula is C12H14N6O3. The molecule has 110 valence electrons. The zero-order chi connectivity index (χ0) is 15.6. The number of aromatic nitrogens is 2. The maximum Gasteiger partial charge on any atom is 0.306 e. The number of aryl methyl sites for hydroxylation is 2. The maximum absolute atomic E-state index is 12.2. The van der Waals surface area contributed by atoms with E-state index in [-0.39, 0.29) is 16.9 Å². The molecule has 0 saturated heterocycles. The summed E-state index contributed by atoms with van der Waals surface area (Å²) in [5.41, 5.74) is 2.92. The Morgan fingerprint density at radius 1 is 1.43 bits per heavy atom. The lowest BCUT2D eigenvalue weighted by Crippen LogP contribution is -2.16. The molecule has 0 fully saturated rings. The van der Waals surface area contributed by atoms with Gasteiger partial charge in [-0.1, -0.05) is 6.07 Å². The lowest BCUT2D eigenvalue weighted by Gasteiger charge is -2.07. The fourth-order valence-corrected chi connectivity index (χ4v) is 1.95. The molecule has 0 atom stereocenters. The predicted molar refractivity (Wildman–Crippen MR) is 76.8 cm³/mol. The Balaban J connectivity index is 2.40. The van der Waals surface area contributed by atoms with Crippen molar-refractivity contribution < 1.29 is 9.72 Å². The van der Waals surface area contributed by atoms with E-state index in [2.05, 4.69) is 15.8 Å². The number of carbonyl (C=O) groups is 1. The highest BCUT2D eigenvalue weighted by Gasteiger charge is 2.24. The molecule has 1 heterocycles.